The molecule has 170 valence electrons. The van der Waals surface area contributed by atoms with Crippen molar-refractivity contribution in [1.82, 2.24) is 19.4 Å². The van der Waals surface area contributed by atoms with Crippen LogP contribution in [0.4, 0.5) is 15.0 Å². The zero-order chi connectivity index (χ0) is 23.3. The Bertz CT molecular complexity index is 1150. The molecule has 1 atom stereocenters. The fourth-order valence-electron chi connectivity index (χ4n) is 3.53. The number of halogens is 1. The van der Waals surface area contributed by atoms with Gasteiger partial charge in [0, 0.05) is 40.8 Å². The molecule has 11 heteroatoms. The highest BCUT2D eigenvalue weighted by atomic mass is 32.1. The van der Waals surface area contributed by atoms with E-state index < -0.39 is 6.03 Å². The number of hydrogen-bond donors (Lipinski definition) is 2. The Balaban J connectivity index is 1.83. The molecule has 1 fully saturated rings. The molecule has 3 rings (SSSR count). The van der Waals surface area contributed by atoms with E-state index in [2.05, 4.69) is 26.6 Å². The molecule has 1 aromatic carbocycles. The van der Waals surface area contributed by atoms with Gasteiger partial charge in [0.2, 0.25) is 0 Å². The predicted octanol–water partition coefficient (Wildman–Crippen LogP) is 1.66. The van der Waals surface area contributed by atoms with E-state index in [1.807, 2.05) is 0 Å². The molecule has 1 unspecified atom stereocenters. The van der Waals surface area contributed by atoms with Crippen molar-refractivity contribution in [3.05, 3.63) is 51.5 Å². The Hall–Kier alpha value is -3.07. The minimum absolute atomic E-state index is 0.173. The number of nitrogens with one attached hydrogen (secondary N) is 2. The highest BCUT2D eigenvalue weighted by Crippen LogP contribution is 2.13. The van der Waals surface area contributed by atoms with E-state index in [9.17, 15) is 14.4 Å². The van der Waals surface area contributed by atoms with Crippen LogP contribution < -0.4 is 16.1 Å². The van der Waals surface area contributed by atoms with Crippen LogP contribution in [-0.2, 0) is 25.4 Å². The van der Waals surface area contributed by atoms with Crippen LogP contribution in [0.25, 0.3) is 0 Å². The summed E-state index contributed by atoms with van der Waals surface area (Å²) in [7, 11) is 4.90. The van der Waals surface area contributed by atoms with Gasteiger partial charge in [-0.15, -0.1) is 0 Å². The van der Waals surface area contributed by atoms with Crippen LogP contribution in [0.15, 0.2) is 29.3 Å². The lowest BCUT2D eigenvalue weighted by atomic mass is 10.2. The van der Waals surface area contributed by atoms with Crippen LogP contribution in [0.5, 0.6) is 0 Å². The average molecular weight is 460 g/mol. The molecule has 0 radical (unpaired) electrons. The second kappa shape index (κ2) is 10.5. The van der Waals surface area contributed by atoms with Gasteiger partial charge in [-0.2, -0.15) is 5.26 Å². The summed E-state index contributed by atoms with van der Waals surface area (Å²) in [6.45, 7) is 2.98. The Morgan fingerprint density at radius 3 is 2.72 bits per heavy atom. The topological polar surface area (TPSA) is 99.6 Å². The number of anilines is 1. The number of hydrogen-bond acceptors (Lipinski definition) is 6. The smallest absolute Gasteiger partial charge is 0.320 e. The molecule has 0 spiro atoms. The van der Waals surface area contributed by atoms with Crippen LogP contribution >= 0.6 is 12.2 Å². The maximum Gasteiger partial charge on any atom is 0.320 e. The van der Waals surface area contributed by atoms with Crippen molar-refractivity contribution in [2.45, 2.75) is 12.6 Å². The minimum atomic E-state index is -0.460. The first kappa shape index (κ1) is 23.6. The van der Waals surface area contributed by atoms with E-state index in [-0.39, 0.29) is 23.3 Å². The summed E-state index contributed by atoms with van der Waals surface area (Å²) in [4.78, 5) is 18.7. The Labute approximate surface area is 190 Å². The monoisotopic (exact) mass is 459 g/mol. The molecule has 2 heterocycles. The summed E-state index contributed by atoms with van der Waals surface area (Å²) in [5, 5.41) is 14.9. The van der Waals surface area contributed by atoms with Crippen molar-refractivity contribution in [3.8, 4) is 6.07 Å². The van der Waals surface area contributed by atoms with Gasteiger partial charge in [-0.25, -0.2) is 9.18 Å². The fourth-order valence-corrected chi connectivity index (χ4v) is 3.71. The lowest BCUT2D eigenvalue weighted by Gasteiger charge is -2.32. The summed E-state index contributed by atoms with van der Waals surface area (Å²) >= 11 is 5.46. The molecular weight excluding hydrogens is 433 g/mol. The van der Waals surface area contributed by atoms with Gasteiger partial charge in [-0.05, 0) is 29.9 Å². The zero-order valence-electron chi connectivity index (χ0n) is 18.3. The molecule has 2 N–H and O–H groups in total. The van der Waals surface area contributed by atoms with Crippen molar-refractivity contribution < 1.29 is 13.9 Å². The summed E-state index contributed by atoms with van der Waals surface area (Å²) in [5.74, 6) is 0.0208. The number of ether oxygens (including phenoxy) is 1. The third kappa shape index (κ3) is 5.40. The van der Waals surface area contributed by atoms with Gasteiger partial charge in [0.1, 0.15) is 23.3 Å². The van der Waals surface area contributed by atoms with Crippen LogP contribution in [-0.4, -0.2) is 59.5 Å². The zero-order valence-corrected chi connectivity index (χ0v) is 19.1. The standard InChI is InChI=1S/C21H26FN7O2S/c1-24-20(30)26-19-17(10-23)18(27(2)21(32)28(19)3)25-11-16-13-29(8-9-31-16)12-14-4-6-15(22)7-5-14/h4-7,16H,8-9,11-13H2,1-3H3,(H2,24,26,30). The van der Waals surface area contributed by atoms with E-state index in [4.69, 9.17) is 17.0 Å². The molecule has 9 nitrogen and oxygen atoms in total. The first-order valence-corrected chi connectivity index (χ1v) is 10.5. The Morgan fingerprint density at radius 2 is 2.06 bits per heavy atom. The number of nitriles is 1. The summed E-state index contributed by atoms with van der Waals surface area (Å²) in [6.07, 6.45) is -0.173. The van der Waals surface area contributed by atoms with E-state index >= 15 is 0 Å². The van der Waals surface area contributed by atoms with Crippen LogP contribution in [0.3, 0.4) is 0 Å². The molecule has 0 saturated carbocycles. The first-order chi connectivity index (χ1) is 15.3. The first-order valence-electron chi connectivity index (χ1n) is 10.1. The van der Waals surface area contributed by atoms with E-state index in [0.29, 0.717) is 36.5 Å². The fraction of sp³-hybridized carbons (Fsp3) is 0.429. The number of carbonyl (C=O) groups is 1. The lowest BCUT2D eigenvalue weighted by molar-refractivity contribution is -0.0262. The number of morpholine rings is 1. The third-order valence-electron chi connectivity index (χ3n) is 5.25. The molecule has 2 aromatic rings. The Morgan fingerprint density at radius 1 is 1.34 bits per heavy atom. The highest BCUT2D eigenvalue weighted by molar-refractivity contribution is 7.71. The number of rotatable bonds is 5. The number of urea groups is 1. The van der Waals surface area contributed by atoms with Gasteiger partial charge >= 0.3 is 6.03 Å². The molecule has 32 heavy (non-hydrogen) atoms. The summed E-state index contributed by atoms with van der Waals surface area (Å²) < 4.78 is 22.6. The van der Waals surface area contributed by atoms with E-state index in [1.54, 1.807) is 35.4 Å². The second-order valence-electron chi connectivity index (χ2n) is 7.46. The van der Waals surface area contributed by atoms with Gasteiger partial charge in [0.15, 0.2) is 10.3 Å². The van der Waals surface area contributed by atoms with E-state index in [0.717, 1.165) is 12.1 Å². The van der Waals surface area contributed by atoms with Gasteiger partial charge in [-0.1, -0.05) is 12.1 Å². The van der Waals surface area contributed by atoms with Crippen molar-refractivity contribution in [2.75, 3.05) is 38.6 Å². The van der Waals surface area contributed by atoms with Gasteiger partial charge < -0.3 is 19.2 Å². The number of nitrogens with zero attached hydrogens (tertiary/aromatic N) is 5. The maximum absolute atomic E-state index is 13.1. The Kier molecular flexibility index (Phi) is 7.74. The molecule has 1 aliphatic heterocycles. The predicted molar refractivity (Wildman–Crippen MR) is 120 cm³/mol. The van der Waals surface area contributed by atoms with Crippen molar-refractivity contribution in [2.24, 2.45) is 19.1 Å². The minimum Gasteiger partial charge on any atom is -0.374 e. The second-order valence-corrected chi connectivity index (χ2v) is 7.82. The quantitative estimate of drug-likeness (QED) is 0.663. The SMILES string of the molecule is CNC(=O)Nc1c(C#N)c(=NCC2CN(Cc3ccc(F)cc3)CCO2)n(C)c(=S)n1C. The molecule has 1 saturated heterocycles. The number of amides is 2. The lowest BCUT2D eigenvalue weighted by Crippen LogP contribution is -2.43. The summed E-state index contributed by atoms with van der Waals surface area (Å²) in [6, 6.07) is 8.14. The normalized spacial score (nSPS) is 17.1. The molecule has 0 aliphatic carbocycles. The van der Waals surface area contributed by atoms with Crippen LogP contribution in [0.2, 0.25) is 0 Å². The van der Waals surface area contributed by atoms with Crippen molar-refractivity contribution >= 4 is 24.1 Å². The van der Waals surface area contributed by atoms with Crippen LogP contribution in [0.1, 0.15) is 11.1 Å². The molecule has 2 amide bonds. The number of aromatic nitrogens is 2. The van der Waals surface area contributed by atoms with Gasteiger partial charge in [-0.3, -0.25) is 15.2 Å². The number of benzene rings is 1. The third-order valence-corrected chi connectivity index (χ3v) is 5.79. The summed E-state index contributed by atoms with van der Waals surface area (Å²) in [5.41, 5.74) is 1.62. The average Bonchev–Trinajstić information content (AvgIpc) is 2.80. The molecule has 1 aliphatic rings. The maximum atomic E-state index is 13.1. The van der Waals surface area contributed by atoms with E-state index in [1.165, 1.54) is 19.2 Å². The largest absolute Gasteiger partial charge is 0.374 e. The number of carbonyl (C=O) groups excluding carboxylic acids is 1. The van der Waals surface area contributed by atoms with Gasteiger partial charge in [0.25, 0.3) is 0 Å². The molecule has 1 aromatic heterocycles. The highest BCUT2D eigenvalue weighted by Gasteiger charge is 2.21. The van der Waals surface area contributed by atoms with Gasteiger partial charge in [0.05, 0.1) is 19.3 Å². The van der Waals surface area contributed by atoms with Crippen molar-refractivity contribution in [3.63, 3.8) is 0 Å². The molecular formula is C21H26FN7O2S. The van der Waals surface area contributed by atoms with Crippen LogP contribution in [0, 0.1) is 21.9 Å². The van der Waals surface area contributed by atoms with Crippen molar-refractivity contribution in [1.29, 1.82) is 5.26 Å². The molecule has 0 bridgehead atoms.